The van der Waals surface area contributed by atoms with Crippen molar-refractivity contribution in [3.63, 3.8) is 0 Å². The van der Waals surface area contributed by atoms with Gasteiger partial charge in [-0.15, -0.1) is 0 Å². The van der Waals surface area contributed by atoms with Crippen molar-refractivity contribution in [1.82, 2.24) is 23.5 Å². The lowest BCUT2D eigenvalue weighted by molar-refractivity contribution is 0.0940. The summed E-state index contributed by atoms with van der Waals surface area (Å²) < 4.78 is 31.0. The van der Waals surface area contributed by atoms with Crippen molar-refractivity contribution in [2.75, 3.05) is 21.1 Å². The Kier molecular flexibility index (Phi) is 7.08. The second-order valence-electron chi connectivity index (χ2n) is 7.68. The van der Waals surface area contributed by atoms with Gasteiger partial charge in [-0.3, -0.25) is 14.2 Å². The topological polar surface area (TPSA) is 108 Å². The van der Waals surface area contributed by atoms with Gasteiger partial charge < -0.3 is 10.4 Å². The van der Waals surface area contributed by atoms with Crippen molar-refractivity contribution in [3.05, 3.63) is 55.9 Å². The molecule has 1 aromatic heterocycles. The van der Waals surface area contributed by atoms with Crippen molar-refractivity contribution < 1.29 is 18.5 Å². The number of nitrogens with one attached hydrogen (secondary N) is 1. The number of hydrogen-bond donors (Lipinski definition) is 2. The molecule has 1 aliphatic rings. The zero-order valence-electron chi connectivity index (χ0n) is 18.0. The van der Waals surface area contributed by atoms with Gasteiger partial charge in [-0.2, -0.15) is 0 Å². The van der Waals surface area contributed by atoms with Gasteiger partial charge in [0.05, 0.1) is 20.4 Å². The van der Waals surface area contributed by atoms with Crippen molar-refractivity contribution in [1.29, 1.82) is 0 Å². The first-order valence-corrected chi connectivity index (χ1v) is 12.2. The van der Waals surface area contributed by atoms with E-state index in [2.05, 4.69) is 32.1 Å². The molecule has 1 amide bonds. The third-order valence-electron chi connectivity index (χ3n) is 5.44. The third kappa shape index (κ3) is 4.58. The van der Waals surface area contributed by atoms with Gasteiger partial charge in [0.15, 0.2) is 5.69 Å². The van der Waals surface area contributed by atoms with Crippen LogP contribution in [0.1, 0.15) is 40.8 Å². The standard InChI is InChI=1S/C20H25BrFN5O4S/c1-25(2)32(4,31)26(3)15-6-5-9-27-18(15)24-16(17(28)20(27)30)19(29)23-11-12-7-8-14(22)13(21)10-12/h7-8,10,15,28H,4-6,9,11H2,1-3H3,(H,23,29). The van der Waals surface area contributed by atoms with E-state index in [0.29, 0.717) is 24.9 Å². The molecule has 1 aromatic carbocycles. The zero-order valence-corrected chi connectivity index (χ0v) is 20.4. The van der Waals surface area contributed by atoms with Crippen molar-refractivity contribution in [3.8, 4) is 5.75 Å². The van der Waals surface area contributed by atoms with Crippen molar-refractivity contribution in [2.24, 2.45) is 0 Å². The van der Waals surface area contributed by atoms with Crippen LogP contribution in [0.15, 0.2) is 27.5 Å². The van der Waals surface area contributed by atoms with Gasteiger partial charge in [0.2, 0.25) is 5.75 Å². The summed E-state index contributed by atoms with van der Waals surface area (Å²) in [6.07, 6.45) is 1.16. The summed E-state index contributed by atoms with van der Waals surface area (Å²) in [6.45, 7) is 0.360. The maximum atomic E-state index is 13.4. The van der Waals surface area contributed by atoms with E-state index in [1.807, 2.05) is 0 Å². The molecule has 0 spiro atoms. The third-order valence-corrected chi connectivity index (χ3v) is 8.35. The molecule has 9 nitrogen and oxygen atoms in total. The molecule has 0 bridgehead atoms. The quantitative estimate of drug-likeness (QED) is 0.553. The van der Waals surface area contributed by atoms with Crippen LogP contribution in [0, 0.1) is 5.82 Å². The highest BCUT2D eigenvalue weighted by molar-refractivity contribution is 9.10. The summed E-state index contributed by atoms with van der Waals surface area (Å²) in [5.74, 6) is 2.10. The number of fused-ring (bicyclic) bond motifs is 1. The first-order valence-electron chi connectivity index (χ1n) is 9.78. The number of rotatable bonds is 6. The van der Waals surface area contributed by atoms with Gasteiger partial charge in [-0.1, -0.05) is 6.07 Å². The van der Waals surface area contributed by atoms with Crippen LogP contribution in [0.3, 0.4) is 0 Å². The molecule has 2 N–H and O–H groups in total. The van der Waals surface area contributed by atoms with Crippen LogP contribution in [0.5, 0.6) is 5.75 Å². The number of benzene rings is 1. The highest BCUT2D eigenvalue weighted by Crippen LogP contribution is 2.31. The van der Waals surface area contributed by atoms with Crippen LogP contribution in [0.25, 0.3) is 0 Å². The van der Waals surface area contributed by atoms with Crippen LogP contribution < -0.4 is 10.9 Å². The minimum absolute atomic E-state index is 0.0356. The number of hydrogen-bond acceptors (Lipinski definition) is 5. The Morgan fingerprint density at radius 1 is 1.44 bits per heavy atom. The molecule has 0 radical (unpaired) electrons. The Morgan fingerprint density at radius 3 is 2.75 bits per heavy atom. The fourth-order valence-electron chi connectivity index (χ4n) is 3.48. The van der Waals surface area contributed by atoms with E-state index in [-0.39, 0.29) is 16.8 Å². The summed E-state index contributed by atoms with van der Waals surface area (Å²) in [5, 5.41) is 13.0. The lowest BCUT2D eigenvalue weighted by Gasteiger charge is -2.36. The average molecular weight is 530 g/mol. The maximum absolute atomic E-state index is 13.4. The van der Waals surface area contributed by atoms with Gasteiger partial charge in [-0.05, 0) is 52.3 Å². The van der Waals surface area contributed by atoms with Gasteiger partial charge in [0.1, 0.15) is 11.6 Å². The average Bonchev–Trinajstić information content (AvgIpc) is 2.75. The van der Waals surface area contributed by atoms with Crippen LogP contribution in [0.4, 0.5) is 4.39 Å². The highest BCUT2D eigenvalue weighted by Gasteiger charge is 2.33. The second kappa shape index (κ2) is 9.30. The molecule has 2 unspecified atom stereocenters. The van der Waals surface area contributed by atoms with Crippen LogP contribution >= 0.6 is 15.9 Å². The normalized spacial score (nSPS) is 17.8. The molecule has 2 atom stereocenters. The molecule has 174 valence electrons. The Bertz CT molecular complexity index is 1220. The Morgan fingerprint density at radius 2 is 2.12 bits per heavy atom. The summed E-state index contributed by atoms with van der Waals surface area (Å²) in [4.78, 5) is 29.8. The van der Waals surface area contributed by atoms with Gasteiger partial charge in [0, 0.05) is 34.2 Å². The minimum atomic E-state index is -2.82. The smallest absolute Gasteiger partial charge is 0.296 e. The van der Waals surface area contributed by atoms with E-state index >= 15 is 0 Å². The predicted molar refractivity (Wildman–Crippen MR) is 124 cm³/mol. The van der Waals surface area contributed by atoms with E-state index in [0.717, 1.165) is 0 Å². The monoisotopic (exact) mass is 529 g/mol. The van der Waals surface area contributed by atoms with E-state index < -0.39 is 44.7 Å². The first kappa shape index (κ1) is 24.4. The molecular weight excluding hydrogens is 505 g/mol. The molecular formula is C20H25BrFN5O4S. The number of nitrogens with zero attached hydrogens (tertiary/aromatic N) is 4. The van der Waals surface area contributed by atoms with E-state index in [1.54, 1.807) is 25.4 Å². The van der Waals surface area contributed by atoms with Gasteiger partial charge >= 0.3 is 0 Å². The summed E-state index contributed by atoms with van der Waals surface area (Å²) in [6, 6.07) is 3.74. The minimum Gasteiger partial charge on any atom is -0.501 e. The van der Waals surface area contributed by atoms with Crippen molar-refractivity contribution in [2.45, 2.75) is 32.0 Å². The predicted octanol–water partition coefficient (Wildman–Crippen LogP) is 1.66. The van der Waals surface area contributed by atoms with E-state index in [4.69, 9.17) is 0 Å². The van der Waals surface area contributed by atoms with E-state index in [9.17, 15) is 23.3 Å². The van der Waals surface area contributed by atoms with Crippen LogP contribution in [0.2, 0.25) is 0 Å². The molecule has 1 aliphatic heterocycles. The largest absolute Gasteiger partial charge is 0.501 e. The molecule has 0 saturated carbocycles. The number of carbonyl (C=O) groups is 1. The number of carbonyl (C=O) groups excluding carboxylic acids is 1. The Labute approximate surface area is 194 Å². The van der Waals surface area contributed by atoms with Crippen molar-refractivity contribution >= 4 is 37.6 Å². The lowest BCUT2D eigenvalue weighted by atomic mass is 10.1. The molecule has 12 heteroatoms. The number of aromatic hydroxyl groups is 1. The van der Waals surface area contributed by atoms with Gasteiger partial charge in [0.25, 0.3) is 11.5 Å². The zero-order chi connectivity index (χ0) is 23.8. The van der Waals surface area contributed by atoms with Crippen LogP contribution in [-0.2, 0) is 23.0 Å². The van der Waals surface area contributed by atoms with Crippen LogP contribution in [-0.4, -0.2) is 60.4 Å². The fraction of sp³-hybridized carbons (Fsp3) is 0.400. The number of aromatic nitrogens is 2. The molecule has 3 rings (SSSR count). The summed E-state index contributed by atoms with van der Waals surface area (Å²) in [5.41, 5.74) is -0.535. The molecule has 0 fully saturated rings. The second-order valence-corrected chi connectivity index (χ2v) is 11.1. The highest BCUT2D eigenvalue weighted by atomic mass is 79.9. The Hall–Kier alpha value is -2.28. The number of amides is 1. The summed E-state index contributed by atoms with van der Waals surface area (Å²) >= 11 is 3.09. The molecule has 32 heavy (non-hydrogen) atoms. The molecule has 0 saturated heterocycles. The first-order chi connectivity index (χ1) is 14.9. The molecule has 0 aliphatic carbocycles. The summed E-state index contributed by atoms with van der Waals surface area (Å²) in [7, 11) is 2.08. The maximum Gasteiger partial charge on any atom is 0.296 e. The lowest BCUT2D eigenvalue weighted by Crippen LogP contribution is -2.44. The fourth-order valence-corrected chi connectivity index (χ4v) is 5.02. The van der Waals surface area contributed by atoms with Gasteiger partial charge in [-0.25, -0.2) is 22.2 Å². The molecule has 2 heterocycles. The Balaban J connectivity index is 1.95. The van der Waals surface area contributed by atoms with E-state index in [1.165, 1.54) is 27.1 Å². The number of halogens is 2. The molecule has 2 aromatic rings. The SMILES string of the molecule is C=S(=O)(N(C)C)N(C)C1CCCn2c1nc(C(=O)NCc1ccc(F)c(Br)c1)c(O)c2=O.